The highest BCUT2D eigenvalue weighted by atomic mass is 32.2. The lowest BCUT2D eigenvalue weighted by molar-refractivity contribution is 0.268. The molecule has 0 saturated carbocycles. The van der Waals surface area contributed by atoms with E-state index in [1.165, 1.54) is 10.6 Å². The van der Waals surface area contributed by atoms with Crippen LogP contribution >= 0.6 is 0 Å². The van der Waals surface area contributed by atoms with Crippen molar-refractivity contribution in [1.29, 1.82) is 0 Å². The van der Waals surface area contributed by atoms with Gasteiger partial charge in [-0.1, -0.05) is 0 Å². The molecule has 8 heteroatoms. The van der Waals surface area contributed by atoms with Crippen molar-refractivity contribution < 1.29 is 8.42 Å². The first-order chi connectivity index (χ1) is 9.12. The van der Waals surface area contributed by atoms with Crippen molar-refractivity contribution in [2.24, 2.45) is 5.92 Å². The van der Waals surface area contributed by atoms with E-state index >= 15 is 0 Å². The number of hydrogen-bond acceptors (Lipinski definition) is 4. The monoisotopic (exact) mass is 287 g/mol. The number of H-pyrrole nitrogens is 1. The molecule has 19 heavy (non-hydrogen) atoms. The summed E-state index contributed by atoms with van der Waals surface area (Å²) in [7, 11) is -1.46. The van der Waals surface area contributed by atoms with Crippen LogP contribution in [0.15, 0.2) is 12.5 Å². The van der Waals surface area contributed by atoms with E-state index in [9.17, 15) is 8.42 Å². The predicted molar refractivity (Wildman–Crippen MR) is 72.6 cm³/mol. The third-order valence-corrected chi connectivity index (χ3v) is 4.96. The van der Waals surface area contributed by atoms with Gasteiger partial charge in [-0.3, -0.25) is 0 Å². The molecule has 0 aliphatic carbocycles. The number of aromatic nitrogens is 2. The van der Waals surface area contributed by atoms with Gasteiger partial charge in [-0.2, -0.15) is 17.4 Å². The maximum absolute atomic E-state index is 12.1. The summed E-state index contributed by atoms with van der Waals surface area (Å²) in [4.78, 5) is 6.73. The number of aromatic amines is 1. The van der Waals surface area contributed by atoms with E-state index in [0.717, 1.165) is 25.1 Å². The average molecular weight is 287 g/mol. The van der Waals surface area contributed by atoms with Gasteiger partial charge in [-0.05, 0) is 32.4 Å². The van der Waals surface area contributed by atoms with E-state index in [4.69, 9.17) is 0 Å². The molecule has 108 valence electrons. The standard InChI is InChI=1S/C11H21N5O2S/c1-12-6-10-2-4-16(5-3-10)19(17,18)15-8-11-7-13-9-14-11/h7,9-10,12,15H,2-6,8H2,1H3,(H,13,14). The first-order valence-corrected chi connectivity index (χ1v) is 7.92. The molecule has 3 N–H and O–H groups in total. The van der Waals surface area contributed by atoms with Crippen LogP contribution < -0.4 is 10.0 Å². The molecule has 7 nitrogen and oxygen atoms in total. The Labute approximate surface area is 114 Å². The van der Waals surface area contributed by atoms with Gasteiger partial charge in [0, 0.05) is 25.0 Å². The van der Waals surface area contributed by atoms with Crippen LogP contribution in [-0.2, 0) is 16.8 Å². The third kappa shape index (κ3) is 4.00. The number of imidazole rings is 1. The summed E-state index contributed by atoms with van der Waals surface area (Å²) >= 11 is 0. The molecule has 1 aliphatic rings. The molecule has 0 aromatic carbocycles. The molecule has 0 atom stereocenters. The molecule has 0 amide bonds. The minimum atomic E-state index is -3.38. The summed E-state index contributed by atoms with van der Waals surface area (Å²) in [5.41, 5.74) is 0.758. The lowest BCUT2D eigenvalue weighted by Crippen LogP contribution is -2.45. The SMILES string of the molecule is CNCC1CCN(S(=O)(=O)NCc2cnc[nH]2)CC1. The van der Waals surface area contributed by atoms with Crippen molar-refractivity contribution in [3.05, 3.63) is 18.2 Å². The molecule has 1 aromatic heterocycles. The fraction of sp³-hybridized carbons (Fsp3) is 0.727. The van der Waals surface area contributed by atoms with Crippen LogP contribution in [0.5, 0.6) is 0 Å². The van der Waals surface area contributed by atoms with E-state index in [2.05, 4.69) is 20.0 Å². The Morgan fingerprint density at radius 1 is 1.47 bits per heavy atom. The van der Waals surface area contributed by atoms with Crippen LogP contribution in [-0.4, -0.2) is 49.4 Å². The van der Waals surface area contributed by atoms with Crippen LogP contribution in [0.2, 0.25) is 0 Å². The van der Waals surface area contributed by atoms with Gasteiger partial charge < -0.3 is 10.3 Å². The van der Waals surface area contributed by atoms with Gasteiger partial charge in [0.05, 0.1) is 12.9 Å². The second-order valence-corrected chi connectivity index (χ2v) is 6.56. The summed E-state index contributed by atoms with van der Waals surface area (Å²) in [6.45, 7) is 2.38. The Bertz CT molecular complexity index is 465. The minimum Gasteiger partial charge on any atom is -0.347 e. The number of piperidine rings is 1. The van der Waals surface area contributed by atoms with Crippen molar-refractivity contribution in [2.75, 3.05) is 26.7 Å². The third-order valence-electron chi connectivity index (χ3n) is 3.41. The van der Waals surface area contributed by atoms with Gasteiger partial charge in [-0.25, -0.2) is 4.98 Å². The summed E-state index contributed by atoms with van der Waals surface area (Å²) < 4.78 is 28.3. The number of rotatable bonds is 6. The lowest BCUT2D eigenvalue weighted by Gasteiger charge is -2.31. The molecule has 2 heterocycles. The van der Waals surface area contributed by atoms with Gasteiger partial charge in [0.15, 0.2) is 0 Å². The van der Waals surface area contributed by atoms with Crippen LogP contribution in [0.3, 0.4) is 0 Å². The second-order valence-electron chi connectivity index (χ2n) is 4.80. The number of nitrogens with zero attached hydrogens (tertiary/aromatic N) is 2. The molecule has 1 fully saturated rings. The Hall–Kier alpha value is -0.960. The van der Waals surface area contributed by atoms with E-state index in [1.54, 1.807) is 6.20 Å². The van der Waals surface area contributed by atoms with Crippen molar-refractivity contribution >= 4 is 10.2 Å². The topological polar surface area (TPSA) is 90.1 Å². The molecule has 2 rings (SSSR count). The molecule has 1 aliphatic heterocycles. The smallest absolute Gasteiger partial charge is 0.279 e. The van der Waals surface area contributed by atoms with Gasteiger partial charge in [0.25, 0.3) is 10.2 Å². The van der Waals surface area contributed by atoms with Gasteiger partial charge >= 0.3 is 0 Å². The predicted octanol–water partition coefficient (Wildman–Crippen LogP) is -0.324. The van der Waals surface area contributed by atoms with Crippen LogP contribution in [0.4, 0.5) is 0 Å². The zero-order chi connectivity index (χ0) is 13.7. The second kappa shape index (κ2) is 6.47. The maximum atomic E-state index is 12.1. The lowest BCUT2D eigenvalue weighted by atomic mass is 9.98. The largest absolute Gasteiger partial charge is 0.347 e. The van der Waals surface area contributed by atoms with E-state index in [0.29, 0.717) is 19.0 Å². The Kier molecular flexibility index (Phi) is 4.92. The molecule has 0 bridgehead atoms. The Balaban J connectivity index is 1.83. The minimum absolute atomic E-state index is 0.249. The highest BCUT2D eigenvalue weighted by molar-refractivity contribution is 7.87. The molecule has 1 aromatic rings. The fourth-order valence-electron chi connectivity index (χ4n) is 2.28. The van der Waals surface area contributed by atoms with E-state index in [1.807, 2.05) is 7.05 Å². The highest BCUT2D eigenvalue weighted by Gasteiger charge is 2.27. The summed E-state index contributed by atoms with van der Waals surface area (Å²) in [5, 5.41) is 3.14. The average Bonchev–Trinajstić information content (AvgIpc) is 2.91. The first-order valence-electron chi connectivity index (χ1n) is 6.48. The molecular weight excluding hydrogens is 266 g/mol. The van der Waals surface area contributed by atoms with Gasteiger partial charge in [0.1, 0.15) is 0 Å². The Morgan fingerprint density at radius 3 is 2.79 bits per heavy atom. The van der Waals surface area contributed by atoms with Crippen LogP contribution in [0.25, 0.3) is 0 Å². The number of nitrogens with one attached hydrogen (secondary N) is 3. The van der Waals surface area contributed by atoms with E-state index < -0.39 is 10.2 Å². The van der Waals surface area contributed by atoms with Crippen molar-refractivity contribution in [1.82, 2.24) is 24.3 Å². The normalized spacial score (nSPS) is 18.8. The zero-order valence-corrected chi connectivity index (χ0v) is 11.9. The maximum Gasteiger partial charge on any atom is 0.279 e. The summed E-state index contributed by atoms with van der Waals surface area (Å²) in [5.74, 6) is 0.573. The molecule has 0 unspecified atom stereocenters. The van der Waals surface area contributed by atoms with Crippen molar-refractivity contribution in [2.45, 2.75) is 19.4 Å². The summed E-state index contributed by atoms with van der Waals surface area (Å²) in [6, 6.07) is 0. The zero-order valence-electron chi connectivity index (χ0n) is 11.1. The van der Waals surface area contributed by atoms with Gasteiger partial charge in [0.2, 0.25) is 0 Å². The summed E-state index contributed by atoms with van der Waals surface area (Å²) in [6.07, 6.45) is 4.96. The van der Waals surface area contributed by atoms with Crippen LogP contribution in [0, 0.1) is 5.92 Å². The highest BCUT2D eigenvalue weighted by Crippen LogP contribution is 2.18. The number of hydrogen-bond donors (Lipinski definition) is 3. The van der Waals surface area contributed by atoms with Crippen LogP contribution in [0.1, 0.15) is 18.5 Å². The first kappa shape index (κ1) is 14.4. The Morgan fingerprint density at radius 2 is 2.21 bits per heavy atom. The molecule has 0 spiro atoms. The quantitative estimate of drug-likeness (QED) is 0.668. The molecular formula is C11H21N5O2S. The van der Waals surface area contributed by atoms with Crippen molar-refractivity contribution in [3.63, 3.8) is 0 Å². The fourth-order valence-corrected chi connectivity index (χ4v) is 3.50. The van der Waals surface area contributed by atoms with E-state index in [-0.39, 0.29) is 6.54 Å². The molecule has 1 saturated heterocycles. The molecule has 0 radical (unpaired) electrons. The van der Waals surface area contributed by atoms with Gasteiger partial charge in [-0.15, -0.1) is 0 Å². The van der Waals surface area contributed by atoms with Crippen molar-refractivity contribution in [3.8, 4) is 0 Å².